The first kappa shape index (κ1) is 14.2. The first-order valence-corrected chi connectivity index (χ1v) is 6.87. The molecule has 1 aliphatic heterocycles. The third-order valence-corrected chi connectivity index (χ3v) is 3.82. The normalized spacial score (nSPS) is 16.6. The molecule has 1 aromatic heterocycles. The van der Waals surface area contributed by atoms with E-state index in [9.17, 15) is 9.59 Å². The predicted octanol–water partition coefficient (Wildman–Crippen LogP) is 1.87. The number of nitrogens with one attached hydrogen (secondary N) is 2. The highest BCUT2D eigenvalue weighted by atomic mass is 16.5. The van der Waals surface area contributed by atoms with Crippen molar-refractivity contribution in [3.63, 3.8) is 0 Å². The van der Waals surface area contributed by atoms with E-state index in [1.165, 1.54) is 7.11 Å². The Labute approximate surface area is 127 Å². The zero-order valence-electron chi connectivity index (χ0n) is 12.3. The summed E-state index contributed by atoms with van der Waals surface area (Å²) in [6.07, 6.45) is 1.79. The van der Waals surface area contributed by atoms with E-state index in [1.54, 1.807) is 31.5 Å². The van der Waals surface area contributed by atoms with Gasteiger partial charge in [0.25, 0.3) is 5.56 Å². The van der Waals surface area contributed by atoms with Gasteiger partial charge < -0.3 is 19.8 Å². The summed E-state index contributed by atoms with van der Waals surface area (Å²) in [6, 6.07) is 7.02. The number of carbonyl (C=O) groups is 1. The molecular formula is C16H16N2O4. The lowest BCUT2D eigenvalue weighted by Crippen LogP contribution is -2.27. The molecule has 1 aromatic carbocycles. The highest BCUT2D eigenvalue weighted by Crippen LogP contribution is 2.42. The number of pyridine rings is 1. The molecule has 1 amide bonds. The number of anilines is 1. The van der Waals surface area contributed by atoms with Gasteiger partial charge in [0.15, 0.2) is 11.5 Å². The lowest BCUT2D eigenvalue weighted by Gasteiger charge is -2.26. The number of amides is 1. The summed E-state index contributed by atoms with van der Waals surface area (Å²) in [6.45, 7) is 0. The first-order chi connectivity index (χ1) is 10.6. The van der Waals surface area contributed by atoms with Crippen molar-refractivity contribution in [3.05, 3.63) is 51.9 Å². The van der Waals surface area contributed by atoms with Crippen LogP contribution in [0.15, 0.2) is 35.3 Å². The van der Waals surface area contributed by atoms with E-state index >= 15 is 0 Å². The summed E-state index contributed by atoms with van der Waals surface area (Å²) in [4.78, 5) is 26.7. The Morgan fingerprint density at radius 2 is 1.82 bits per heavy atom. The van der Waals surface area contributed by atoms with E-state index in [0.717, 1.165) is 5.56 Å². The zero-order chi connectivity index (χ0) is 15.7. The maximum absolute atomic E-state index is 12.1. The van der Waals surface area contributed by atoms with Gasteiger partial charge in [0.05, 0.1) is 14.2 Å². The minimum Gasteiger partial charge on any atom is -0.493 e. The van der Waals surface area contributed by atoms with E-state index in [4.69, 9.17) is 9.47 Å². The molecule has 114 valence electrons. The Balaban J connectivity index is 2.19. The molecule has 0 spiro atoms. The standard InChI is InChI=1S/C16H16N2O4/c1-21-13-6-11-10(9-4-3-5-17-16(9)20)7-15(19)18-12(11)8-14(13)22-2/h3-6,8,10H,7H2,1-2H3,(H,17,20)(H,18,19). The number of hydrogen-bond acceptors (Lipinski definition) is 4. The number of aromatic amines is 1. The summed E-state index contributed by atoms with van der Waals surface area (Å²) < 4.78 is 10.6. The fourth-order valence-electron chi connectivity index (χ4n) is 2.77. The van der Waals surface area contributed by atoms with Crippen LogP contribution < -0.4 is 20.3 Å². The van der Waals surface area contributed by atoms with Crippen LogP contribution in [-0.2, 0) is 4.79 Å². The molecule has 0 bridgehead atoms. The number of methoxy groups -OCH3 is 2. The molecule has 0 saturated heterocycles. The summed E-state index contributed by atoms with van der Waals surface area (Å²) in [7, 11) is 3.09. The van der Waals surface area contributed by atoms with Gasteiger partial charge in [0.2, 0.25) is 5.91 Å². The molecule has 0 aliphatic carbocycles. The Morgan fingerprint density at radius 3 is 2.50 bits per heavy atom. The van der Waals surface area contributed by atoms with Crippen molar-refractivity contribution in [3.8, 4) is 11.5 Å². The number of benzene rings is 1. The van der Waals surface area contributed by atoms with Crippen LogP contribution in [-0.4, -0.2) is 25.1 Å². The van der Waals surface area contributed by atoms with Gasteiger partial charge >= 0.3 is 0 Å². The summed E-state index contributed by atoms with van der Waals surface area (Å²) >= 11 is 0. The number of hydrogen-bond donors (Lipinski definition) is 2. The molecule has 3 rings (SSSR count). The number of aromatic nitrogens is 1. The smallest absolute Gasteiger partial charge is 0.251 e. The molecule has 1 unspecified atom stereocenters. The SMILES string of the molecule is COc1cc2c(cc1OC)C(c1ccc[nH]c1=O)CC(=O)N2. The lowest BCUT2D eigenvalue weighted by molar-refractivity contribution is -0.116. The van der Waals surface area contributed by atoms with Crippen LogP contribution in [0.1, 0.15) is 23.5 Å². The van der Waals surface area contributed by atoms with E-state index in [0.29, 0.717) is 22.7 Å². The molecule has 2 heterocycles. The molecule has 0 saturated carbocycles. The molecule has 2 aromatic rings. The average Bonchev–Trinajstić information content (AvgIpc) is 2.53. The predicted molar refractivity (Wildman–Crippen MR) is 81.7 cm³/mol. The molecule has 6 heteroatoms. The quantitative estimate of drug-likeness (QED) is 0.906. The Hall–Kier alpha value is -2.76. The topological polar surface area (TPSA) is 80.4 Å². The number of rotatable bonds is 3. The first-order valence-electron chi connectivity index (χ1n) is 6.87. The Kier molecular flexibility index (Phi) is 3.58. The zero-order valence-corrected chi connectivity index (χ0v) is 12.3. The number of fused-ring (bicyclic) bond motifs is 1. The summed E-state index contributed by atoms with van der Waals surface area (Å²) in [5, 5.41) is 2.82. The van der Waals surface area contributed by atoms with Crippen molar-refractivity contribution in [1.82, 2.24) is 4.98 Å². The van der Waals surface area contributed by atoms with Crippen LogP contribution in [0.25, 0.3) is 0 Å². The van der Waals surface area contributed by atoms with E-state index in [1.807, 2.05) is 6.07 Å². The molecule has 1 atom stereocenters. The molecule has 0 fully saturated rings. The summed E-state index contributed by atoms with van der Waals surface area (Å²) in [5.41, 5.74) is 1.85. The van der Waals surface area contributed by atoms with Gasteiger partial charge in [-0.15, -0.1) is 0 Å². The highest BCUT2D eigenvalue weighted by Gasteiger charge is 2.29. The molecule has 2 N–H and O–H groups in total. The van der Waals surface area contributed by atoms with E-state index < -0.39 is 0 Å². The third-order valence-electron chi connectivity index (χ3n) is 3.82. The van der Waals surface area contributed by atoms with Crippen LogP contribution in [0, 0.1) is 0 Å². The van der Waals surface area contributed by atoms with Crippen LogP contribution >= 0.6 is 0 Å². The van der Waals surface area contributed by atoms with Gasteiger partial charge in [-0.2, -0.15) is 0 Å². The maximum Gasteiger partial charge on any atom is 0.251 e. The minimum absolute atomic E-state index is 0.132. The summed E-state index contributed by atoms with van der Waals surface area (Å²) in [5.74, 6) is 0.653. The third kappa shape index (κ3) is 2.32. The molecule has 1 aliphatic rings. The van der Waals surface area contributed by atoms with Crippen molar-refractivity contribution >= 4 is 11.6 Å². The maximum atomic E-state index is 12.1. The fourth-order valence-corrected chi connectivity index (χ4v) is 2.77. The van der Waals surface area contributed by atoms with Crippen LogP contribution in [0.5, 0.6) is 11.5 Å². The lowest BCUT2D eigenvalue weighted by atomic mass is 9.85. The van der Waals surface area contributed by atoms with Crippen molar-refractivity contribution in [1.29, 1.82) is 0 Å². The Bertz CT molecular complexity index is 782. The van der Waals surface area contributed by atoms with Gasteiger partial charge in [-0.05, 0) is 17.7 Å². The Morgan fingerprint density at radius 1 is 1.09 bits per heavy atom. The van der Waals surface area contributed by atoms with Crippen LogP contribution in [0.4, 0.5) is 5.69 Å². The van der Waals surface area contributed by atoms with Gasteiger partial charge in [-0.1, -0.05) is 6.07 Å². The second-order valence-corrected chi connectivity index (χ2v) is 5.05. The number of ether oxygens (including phenoxy) is 2. The fraction of sp³-hybridized carbons (Fsp3) is 0.250. The molecule has 0 radical (unpaired) electrons. The van der Waals surface area contributed by atoms with Gasteiger partial charge in [0.1, 0.15) is 0 Å². The van der Waals surface area contributed by atoms with E-state index in [-0.39, 0.29) is 23.8 Å². The van der Waals surface area contributed by atoms with Crippen molar-refractivity contribution in [2.24, 2.45) is 0 Å². The number of H-pyrrole nitrogens is 1. The van der Waals surface area contributed by atoms with Gasteiger partial charge in [0, 0.05) is 35.9 Å². The van der Waals surface area contributed by atoms with Crippen molar-refractivity contribution < 1.29 is 14.3 Å². The second-order valence-electron chi connectivity index (χ2n) is 5.05. The van der Waals surface area contributed by atoms with Gasteiger partial charge in [-0.25, -0.2) is 0 Å². The molecule has 6 nitrogen and oxygen atoms in total. The van der Waals surface area contributed by atoms with Crippen molar-refractivity contribution in [2.45, 2.75) is 12.3 Å². The second kappa shape index (κ2) is 5.55. The largest absolute Gasteiger partial charge is 0.493 e. The molecular weight excluding hydrogens is 284 g/mol. The number of carbonyl (C=O) groups excluding carboxylic acids is 1. The van der Waals surface area contributed by atoms with Gasteiger partial charge in [-0.3, -0.25) is 9.59 Å². The minimum atomic E-state index is -0.312. The van der Waals surface area contributed by atoms with Crippen LogP contribution in [0.3, 0.4) is 0 Å². The van der Waals surface area contributed by atoms with Crippen LogP contribution in [0.2, 0.25) is 0 Å². The molecule has 22 heavy (non-hydrogen) atoms. The van der Waals surface area contributed by atoms with Crippen molar-refractivity contribution in [2.75, 3.05) is 19.5 Å². The monoisotopic (exact) mass is 300 g/mol. The highest BCUT2D eigenvalue weighted by molar-refractivity contribution is 5.96. The van der Waals surface area contributed by atoms with E-state index in [2.05, 4.69) is 10.3 Å². The average molecular weight is 300 g/mol.